The molecule has 0 radical (unpaired) electrons. The zero-order chi connectivity index (χ0) is 14.6. The molecule has 1 aliphatic heterocycles. The molecule has 1 N–H and O–H groups in total. The van der Waals surface area contributed by atoms with Crippen molar-refractivity contribution in [1.82, 2.24) is 9.80 Å². The van der Waals surface area contributed by atoms with Crippen molar-refractivity contribution in [1.29, 1.82) is 0 Å². The normalized spacial score (nSPS) is 16.7. The van der Waals surface area contributed by atoms with Crippen molar-refractivity contribution in [2.24, 2.45) is 17.8 Å². The second kappa shape index (κ2) is 6.89. The molecule has 19 heavy (non-hydrogen) atoms. The predicted octanol–water partition coefficient (Wildman–Crippen LogP) is 1.14. The summed E-state index contributed by atoms with van der Waals surface area (Å²) >= 11 is 0. The van der Waals surface area contributed by atoms with Crippen molar-refractivity contribution >= 4 is 11.9 Å². The van der Waals surface area contributed by atoms with E-state index in [-0.39, 0.29) is 11.8 Å². The van der Waals surface area contributed by atoms with Gasteiger partial charge in [0.2, 0.25) is 5.91 Å². The van der Waals surface area contributed by atoms with Gasteiger partial charge >= 0.3 is 5.97 Å². The van der Waals surface area contributed by atoms with Crippen LogP contribution in [0.5, 0.6) is 0 Å². The lowest BCUT2D eigenvalue weighted by Crippen LogP contribution is -2.54. The number of likely N-dealkylation sites (tertiary alicyclic amines) is 1. The van der Waals surface area contributed by atoms with Gasteiger partial charge in [0.05, 0.1) is 12.5 Å². The van der Waals surface area contributed by atoms with Crippen LogP contribution in [0.4, 0.5) is 0 Å². The molecular formula is C14H26N2O3. The number of aliphatic carboxylic acids is 1. The van der Waals surface area contributed by atoms with Gasteiger partial charge in [-0.15, -0.1) is 0 Å². The number of carboxylic acid groups (broad SMARTS) is 1. The first kappa shape index (κ1) is 16.0. The highest BCUT2D eigenvalue weighted by Crippen LogP contribution is 2.16. The Morgan fingerprint density at radius 3 is 2.00 bits per heavy atom. The van der Waals surface area contributed by atoms with Crippen LogP contribution in [0.25, 0.3) is 0 Å². The molecule has 1 heterocycles. The molecule has 110 valence electrons. The van der Waals surface area contributed by atoms with Crippen LogP contribution in [0.15, 0.2) is 0 Å². The Bertz CT molecular complexity index is 313. The number of hydrogen-bond donors (Lipinski definition) is 1. The Labute approximate surface area is 115 Å². The summed E-state index contributed by atoms with van der Waals surface area (Å²) in [6.45, 7) is 11.3. The maximum absolute atomic E-state index is 12.2. The standard InChI is InChI=1S/C14H26N2O3/c1-10(2)5-16(6-11(3)4)13(17)9-15-7-12(8-15)14(18)19/h10-12H,5-9H2,1-4H3,(H,18,19). The summed E-state index contributed by atoms with van der Waals surface area (Å²) in [5.74, 6) is -0.0377. The minimum Gasteiger partial charge on any atom is -0.481 e. The average molecular weight is 270 g/mol. The third-order valence-electron chi connectivity index (χ3n) is 3.19. The lowest BCUT2D eigenvalue weighted by atomic mass is 10.0. The SMILES string of the molecule is CC(C)CN(CC(C)C)C(=O)CN1CC(C(=O)O)C1. The number of carboxylic acids is 1. The molecule has 1 saturated heterocycles. The Hall–Kier alpha value is -1.10. The van der Waals surface area contributed by atoms with Gasteiger partial charge in [0, 0.05) is 26.2 Å². The molecule has 0 aliphatic carbocycles. The summed E-state index contributed by atoms with van der Waals surface area (Å²) in [5.41, 5.74) is 0. The van der Waals surface area contributed by atoms with Gasteiger partial charge in [-0.1, -0.05) is 27.7 Å². The third kappa shape index (κ3) is 5.19. The number of nitrogens with zero attached hydrogens (tertiary/aromatic N) is 2. The van der Waals surface area contributed by atoms with E-state index in [1.165, 1.54) is 0 Å². The van der Waals surface area contributed by atoms with Crippen LogP contribution in [0, 0.1) is 17.8 Å². The Morgan fingerprint density at radius 2 is 1.63 bits per heavy atom. The van der Waals surface area contributed by atoms with Gasteiger partial charge in [0.1, 0.15) is 0 Å². The maximum Gasteiger partial charge on any atom is 0.309 e. The van der Waals surface area contributed by atoms with Crippen LogP contribution in [-0.4, -0.2) is 59.5 Å². The molecule has 0 atom stereocenters. The van der Waals surface area contributed by atoms with E-state index in [4.69, 9.17) is 5.11 Å². The molecule has 0 spiro atoms. The molecule has 5 nitrogen and oxygen atoms in total. The number of amides is 1. The largest absolute Gasteiger partial charge is 0.481 e. The summed E-state index contributed by atoms with van der Waals surface area (Å²) in [4.78, 5) is 26.8. The highest BCUT2D eigenvalue weighted by molar-refractivity contribution is 5.79. The lowest BCUT2D eigenvalue weighted by Gasteiger charge is -2.37. The third-order valence-corrected chi connectivity index (χ3v) is 3.19. The van der Waals surface area contributed by atoms with Crippen LogP contribution in [-0.2, 0) is 9.59 Å². The highest BCUT2D eigenvalue weighted by Gasteiger charge is 2.34. The average Bonchev–Trinajstić information content (AvgIpc) is 2.19. The molecule has 0 unspecified atom stereocenters. The lowest BCUT2D eigenvalue weighted by molar-refractivity contribution is -0.150. The van der Waals surface area contributed by atoms with Crippen molar-refractivity contribution < 1.29 is 14.7 Å². The molecule has 1 fully saturated rings. The molecule has 0 saturated carbocycles. The first-order valence-corrected chi connectivity index (χ1v) is 7.02. The van der Waals surface area contributed by atoms with Gasteiger partial charge in [-0.25, -0.2) is 0 Å². The molecule has 0 aromatic heterocycles. The van der Waals surface area contributed by atoms with Gasteiger partial charge in [0.25, 0.3) is 0 Å². The quantitative estimate of drug-likeness (QED) is 0.753. The molecule has 0 aromatic carbocycles. The molecular weight excluding hydrogens is 244 g/mol. The van der Waals surface area contributed by atoms with Crippen molar-refractivity contribution in [3.05, 3.63) is 0 Å². The minimum atomic E-state index is -0.759. The number of carbonyl (C=O) groups is 2. The Kier molecular flexibility index (Phi) is 5.79. The van der Waals surface area contributed by atoms with Gasteiger partial charge in [-0.2, -0.15) is 0 Å². The molecule has 1 rings (SSSR count). The van der Waals surface area contributed by atoms with E-state index in [0.29, 0.717) is 31.5 Å². The molecule has 0 aromatic rings. The van der Waals surface area contributed by atoms with E-state index in [2.05, 4.69) is 27.7 Å². The molecule has 0 bridgehead atoms. The second-order valence-corrected chi connectivity index (χ2v) is 6.32. The van der Waals surface area contributed by atoms with Gasteiger partial charge < -0.3 is 10.0 Å². The van der Waals surface area contributed by atoms with Crippen LogP contribution in [0.3, 0.4) is 0 Å². The van der Waals surface area contributed by atoms with Gasteiger partial charge in [0.15, 0.2) is 0 Å². The second-order valence-electron chi connectivity index (χ2n) is 6.32. The Balaban J connectivity index is 2.42. The van der Waals surface area contributed by atoms with Crippen LogP contribution in [0.1, 0.15) is 27.7 Å². The summed E-state index contributed by atoms with van der Waals surface area (Å²) < 4.78 is 0. The maximum atomic E-state index is 12.2. The van der Waals surface area contributed by atoms with E-state index >= 15 is 0 Å². The highest BCUT2D eigenvalue weighted by atomic mass is 16.4. The predicted molar refractivity (Wildman–Crippen MR) is 73.8 cm³/mol. The fraction of sp³-hybridized carbons (Fsp3) is 0.857. The molecule has 1 amide bonds. The van der Waals surface area contributed by atoms with Crippen molar-refractivity contribution in [2.45, 2.75) is 27.7 Å². The van der Waals surface area contributed by atoms with E-state index in [0.717, 1.165) is 13.1 Å². The zero-order valence-corrected chi connectivity index (χ0v) is 12.4. The Morgan fingerprint density at radius 1 is 1.16 bits per heavy atom. The number of hydrogen-bond acceptors (Lipinski definition) is 3. The van der Waals surface area contributed by atoms with E-state index in [1.807, 2.05) is 9.80 Å². The summed E-state index contributed by atoms with van der Waals surface area (Å²) in [7, 11) is 0. The smallest absolute Gasteiger partial charge is 0.309 e. The van der Waals surface area contributed by atoms with E-state index < -0.39 is 5.97 Å². The van der Waals surface area contributed by atoms with Crippen LogP contribution in [0.2, 0.25) is 0 Å². The molecule has 1 aliphatic rings. The van der Waals surface area contributed by atoms with E-state index in [1.54, 1.807) is 0 Å². The summed E-state index contributed by atoms with van der Waals surface area (Å²) in [5, 5.41) is 8.81. The first-order valence-electron chi connectivity index (χ1n) is 7.02. The first-order chi connectivity index (χ1) is 8.79. The summed E-state index contributed by atoms with van der Waals surface area (Å²) in [6, 6.07) is 0. The van der Waals surface area contributed by atoms with E-state index in [9.17, 15) is 9.59 Å². The van der Waals surface area contributed by atoms with Crippen molar-refractivity contribution in [3.8, 4) is 0 Å². The van der Waals surface area contributed by atoms with Crippen LogP contribution >= 0.6 is 0 Å². The van der Waals surface area contributed by atoms with Gasteiger partial charge in [-0.05, 0) is 11.8 Å². The fourth-order valence-corrected chi connectivity index (χ4v) is 2.31. The summed E-state index contributed by atoms with van der Waals surface area (Å²) in [6.07, 6.45) is 0. The number of rotatable bonds is 7. The van der Waals surface area contributed by atoms with Crippen LogP contribution < -0.4 is 0 Å². The van der Waals surface area contributed by atoms with Gasteiger partial charge in [-0.3, -0.25) is 14.5 Å². The molecule has 5 heteroatoms. The van der Waals surface area contributed by atoms with Crippen molar-refractivity contribution in [3.63, 3.8) is 0 Å². The van der Waals surface area contributed by atoms with Crippen molar-refractivity contribution in [2.75, 3.05) is 32.7 Å². The number of carbonyl (C=O) groups excluding carboxylic acids is 1. The fourth-order valence-electron chi connectivity index (χ4n) is 2.31. The minimum absolute atomic E-state index is 0.117. The monoisotopic (exact) mass is 270 g/mol. The topological polar surface area (TPSA) is 60.9 Å². The zero-order valence-electron chi connectivity index (χ0n) is 12.4.